The van der Waals surface area contributed by atoms with Crippen molar-refractivity contribution in [2.24, 2.45) is 5.73 Å². The number of aliphatic hydroxyl groups is 1. The van der Waals surface area contributed by atoms with E-state index in [9.17, 15) is 0 Å². The molecule has 1 fully saturated rings. The lowest BCUT2D eigenvalue weighted by Crippen LogP contribution is -2.57. The summed E-state index contributed by atoms with van der Waals surface area (Å²) in [7, 11) is 2.15. The van der Waals surface area contributed by atoms with Crippen molar-refractivity contribution in [3.63, 3.8) is 0 Å². The Balaban J connectivity index is 2.34. The Morgan fingerprint density at radius 3 is 2.57 bits per heavy atom. The van der Waals surface area contributed by atoms with Gasteiger partial charge in [-0.3, -0.25) is 0 Å². The van der Waals surface area contributed by atoms with Gasteiger partial charge in [0.2, 0.25) is 0 Å². The van der Waals surface area contributed by atoms with Gasteiger partial charge in [0, 0.05) is 18.7 Å². The summed E-state index contributed by atoms with van der Waals surface area (Å²) >= 11 is 0. The van der Waals surface area contributed by atoms with Crippen molar-refractivity contribution in [1.29, 1.82) is 0 Å². The van der Waals surface area contributed by atoms with Crippen LogP contribution in [0.15, 0.2) is 0 Å². The monoisotopic (exact) mass is 201 g/mol. The second-order valence-corrected chi connectivity index (χ2v) is 4.29. The molecule has 0 amide bonds. The molecule has 84 valence electrons. The molecule has 1 rings (SSSR count). The average molecular weight is 201 g/mol. The highest BCUT2D eigenvalue weighted by Crippen LogP contribution is 2.20. The number of nitrogens with two attached hydrogens (primary N) is 1. The first kappa shape index (κ1) is 11.9. The zero-order chi connectivity index (χ0) is 10.4. The van der Waals surface area contributed by atoms with Gasteiger partial charge in [0.25, 0.3) is 0 Å². The highest BCUT2D eigenvalue weighted by Gasteiger charge is 2.31. The van der Waals surface area contributed by atoms with Crippen molar-refractivity contribution in [2.45, 2.75) is 24.8 Å². The van der Waals surface area contributed by atoms with Gasteiger partial charge in [0.05, 0.1) is 0 Å². The number of piperidine rings is 1. The first-order chi connectivity index (χ1) is 6.72. The number of rotatable bonds is 5. The summed E-state index contributed by atoms with van der Waals surface area (Å²) in [4.78, 5) is 2.33. The van der Waals surface area contributed by atoms with Crippen LogP contribution in [0.5, 0.6) is 0 Å². The van der Waals surface area contributed by atoms with E-state index in [0.29, 0.717) is 6.54 Å². The number of aliphatic hydroxyl groups excluding tert-OH is 1. The second kappa shape index (κ2) is 5.66. The van der Waals surface area contributed by atoms with E-state index < -0.39 is 0 Å². The molecule has 0 radical (unpaired) electrons. The standard InChI is InChI=1S/C10H23N3O/c1-13-6-3-10(9-11,4-7-13)12-5-2-8-14/h12,14H,2-9,11H2,1H3. The summed E-state index contributed by atoms with van der Waals surface area (Å²) in [5.41, 5.74) is 5.95. The highest BCUT2D eigenvalue weighted by molar-refractivity contribution is 4.93. The summed E-state index contributed by atoms with van der Waals surface area (Å²) in [6.07, 6.45) is 3.05. The maximum Gasteiger partial charge on any atom is 0.0443 e. The second-order valence-electron chi connectivity index (χ2n) is 4.29. The van der Waals surface area contributed by atoms with Crippen molar-refractivity contribution in [2.75, 3.05) is 39.8 Å². The summed E-state index contributed by atoms with van der Waals surface area (Å²) in [5, 5.41) is 12.2. The Labute approximate surface area is 86.5 Å². The van der Waals surface area contributed by atoms with E-state index in [1.54, 1.807) is 0 Å². The molecule has 4 nitrogen and oxygen atoms in total. The van der Waals surface area contributed by atoms with Gasteiger partial charge in [-0.2, -0.15) is 0 Å². The minimum atomic E-state index is 0.127. The summed E-state index contributed by atoms with van der Waals surface area (Å²) in [5.74, 6) is 0. The summed E-state index contributed by atoms with van der Waals surface area (Å²) in [6.45, 7) is 4.06. The summed E-state index contributed by atoms with van der Waals surface area (Å²) < 4.78 is 0. The van der Waals surface area contributed by atoms with Crippen LogP contribution in [0.2, 0.25) is 0 Å². The van der Waals surface area contributed by atoms with Crippen LogP contribution in [0.1, 0.15) is 19.3 Å². The van der Waals surface area contributed by atoms with E-state index in [1.165, 1.54) is 0 Å². The predicted molar refractivity (Wildman–Crippen MR) is 58.2 cm³/mol. The van der Waals surface area contributed by atoms with E-state index in [1.807, 2.05) is 0 Å². The smallest absolute Gasteiger partial charge is 0.0443 e. The lowest BCUT2D eigenvalue weighted by molar-refractivity contribution is 0.158. The van der Waals surface area contributed by atoms with Crippen molar-refractivity contribution in [3.05, 3.63) is 0 Å². The largest absolute Gasteiger partial charge is 0.396 e. The van der Waals surface area contributed by atoms with Crippen molar-refractivity contribution in [1.82, 2.24) is 10.2 Å². The van der Waals surface area contributed by atoms with E-state index in [2.05, 4.69) is 17.3 Å². The molecule has 0 spiro atoms. The van der Waals surface area contributed by atoms with Crippen LogP contribution in [0.25, 0.3) is 0 Å². The van der Waals surface area contributed by atoms with Gasteiger partial charge in [-0.05, 0) is 45.9 Å². The van der Waals surface area contributed by atoms with Crippen molar-refractivity contribution < 1.29 is 5.11 Å². The molecule has 0 aliphatic carbocycles. The summed E-state index contributed by atoms with van der Waals surface area (Å²) in [6, 6.07) is 0. The molecule has 1 heterocycles. The fraction of sp³-hybridized carbons (Fsp3) is 1.00. The average Bonchev–Trinajstić information content (AvgIpc) is 2.22. The highest BCUT2D eigenvalue weighted by atomic mass is 16.3. The van der Waals surface area contributed by atoms with Crippen LogP contribution < -0.4 is 11.1 Å². The van der Waals surface area contributed by atoms with E-state index in [0.717, 1.165) is 38.9 Å². The normalized spacial score (nSPS) is 22.5. The van der Waals surface area contributed by atoms with E-state index in [-0.39, 0.29) is 12.1 Å². The zero-order valence-corrected chi connectivity index (χ0v) is 9.13. The Morgan fingerprint density at radius 1 is 1.43 bits per heavy atom. The van der Waals surface area contributed by atoms with Gasteiger partial charge in [-0.25, -0.2) is 0 Å². The predicted octanol–water partition coefficient (Wildman–Crippen LogP) is -0.618. The fourth-order valence-corrected chi connectivity index (χ4v) is 1.93. The minimum absolute atomic E-state index is 0.127. The van der Waals surface area contributed by atoms with Crippen molar-refractivity contribution in [3.8, 4) is 0 Å². The third-order valence-electron chi connectivity index (χ3n) is 3.17. The van der Waals surface area contributed by atoms with Gasteiger partial charge >= 0.3 is 0 Å². The van der Waals surface area contributed by atoms with Crippen LogP contribution in [0.4, 0.5) is 0 Å². The molecule has 14 heavy (non-hydrogen) atoms. The molecule has 0 unspecified atom stereocenters. The van der Waals surface area contributed by atoms with Gasteiger partial charge < -0.3 is 21.1 Å². The molecule has 0 aromatic heterocycles. The number of likely N-dealkylation sites (tertiary alicyclic amines) is 1. The lowest BCUT2D eigenvalue weighted by atomic mass is 9.87. The van der Waals surface area contributed by atoms with E-state index >= 15 is 0 Å². The molecular formula is C10H23N3O. The molecule has 1 aliphatic heterocycles. The Hall–Kier alpha value is -0.160. The van der Waals surface area contributed by atoms with Crippen LogP contribution in [-0.4, -0.2) is 55.4 Å². The maximum atomic E-state index is 8.71. The zero-order valence-electron chi connectivity index (χ0n) is 9.13. The topological polar surface area (TPSA) is 61.5 Å². The SMILES string of the molecule is CN1CCC(CN)(NCCCO)CC1. The number of nitrogens with zero attached hydrogens (tertiary/aromatic N) is 1. The van der Waals surface area contributed by atoms with Crippen molar-refractivity contribution >= 4 is 0 Å². The van der Waals surface area contributed by atoms with E-state index in [4.69, 9.17) is 10.8 Å². The molecule has 0 bridgehead atoms. The molecule has 0 saturated carbocycles. The molecule has 0 atom stereocenters. The Bertz CT molecular complexity index is 155. The Morgan fingerprint density at radius 2 is 2.07 bits per heavy atom. The fourth-order valence-electron chi connectivity index (χ4n) is 1.93. The third-order valence-corrected chi connectivity index (χ3v) is 3.17. The number of hydrogen-bond donors (Lipinski definition) is 3. The van der Waals surface area contributed by atoms with Crippen LogP contribution >= 0.6 is 0 Å². The number of hydrogen-bond acceptors (Lipinski definition) is 4. The minimum Gasteiger partial charge on any atom is -0.396 e. The third kappa shape index (κ3) is 3.20. The Kier molecular flexibility index (Phi) is 4.81. The first-order valence-corrected chi connectivity index (χ1v) is 5.47. The molecule has 0 aromatic carbocycles. The van der Waals surface area contributed by atoms with Gasteiger partial charge in [0.15, 0.2) is 0 Å². The molecule has 0 aromatic rings. The maximum absolute atomic E-state index is 8.71. The lowest BCUT2D eigenvalue weighted by Gasteiger charge is -2.40. The number of nitrogens with one attached hydrogen (secondary N) is 1. The molecule has 4 heteroatoms. The molecule has 1 aliphatic rings. The van der Waals surface area contributed by atoms with Crippen LogP contribution in [-0.2, 0) is 0 Å². The molecular weight excluding hydrogens is 178 g/mol. The molecule has 4 N–H and O–H groups in total. The van der Waals surface area contributed by atoms with Gasteiger partial charge in [-0.1, -0.05) is 0 Å². The van der Waals surface area contributed by atoms with Crippen LogP contribution in [0, 0.1) is 0 Å². The first-order valence-electron chi connectivity index (χ1n) is 5.47. The van der Waals surface area contributed by atoms with Gasteiger partial charge in [0.1, 0.15) is 0 Å². The van der Waals surface area contributed by atoms with Gasteiger partial charge in [-0.15, -0.1) is 0 Å². The quantitative estimate of drug-likeness (QED) is 0.519. The molecule has 1 saturated heterocycles. The van der Waals surface area contributed by atoms with Crippen LogP contribution in [0.3, 0.4) is 0 Å².